The first kappa shape index (κ1) is 23.7. The lowest BCUT2D eigenvalue weighted by atomic mass is 9.96. The lowest BCUT2D eigenvalue weighted by molar-refractivity contribution is -0.244. The second-order valence-corrected chi connectivity index (χ2v) is 7.83. The Bertz CT molecular complexity index is 965. The van der Waals surface area contributed by atoms with Crippen LogP contribution in [0.1, 0.15) is 17.3 Å². The molecule has 2 aromatic carbocycles. The molecule has 4 N–H and O–H groups in total. The van der Waals surface area contributed by atoms with E-state index in [9.17, 15) is 24.9 Å². The van der Waals surface area contributed by atoms with Gasteiger partial charge in [-0.25, -0.2) is 0 Å². The number of hydrogen-bond acceptors (Lipinski definition) is 7. The maximum absolute atomic E-state index is 12.4. The number of nitrogens with one attached hydrogen (secondary N) is 1. The first-order chi connectivity index (χ1) is 15.2. The smallest absolute Gasteiger partial charge is 0.253 e. The van der Waals surface area contributed by atoms with Crippen LogP contribution in [0.2, 0.25) is 0 Å². The molecule has 0 spiro atoms. The number of aliphatic hydroxyl groups excluding tert-OH is 3. The number of rotatable bonds is 6. The van der Waals surface area contributed by atoms with E-state index in [1.54, 1.807) is 50.5 Å². The van der Waals surface area contributed by atoms with Crippen LogP contribution in [0, 0.1) is 0 Å². The van der Waals surface area contributed by atoms with Gasteiger partial charge in [0.1, 0.15) is 30.1 Å². The van der Waals surface area contributed by atoms with E-state index in [0.29, 0.717) is 16.9 Å². The van der Waals surface area contributed by atoms with E-state index in [2.05, 4.69) is 5.32 Å². The summed E-state index contributed by atoms with van der Waals surface area (Å²) in [6.45, 7) is 0.733. The molecule has 0 aromatic heterocycles. The number of amides is 2. The fraction of sp³-hybridized carbons (Fsp3) is 0.391. The van der Waals surface area contributed by atoms with Gasteiger partial charge >= 0.3 is 0 Å². The number of nitrogens with zero attached hydrogens (tertiary/aromatic N) is 1. The predicted octanol–water partition coefficient (Wildman–Crippen LogP) is 0.378. The average Bonchev–Trinajstić information content (AvgIpc) is 2.78. The molecule has 2 aromatic rings. The number of carbonyl (C=O) groups is 2. The maximum Gasteiger partial charge on any atom is 0.253 e. The monoisotopic (exact) mass is 444 g/mol. The fourth-order valence-corrected chi connectivity index (χ4v) is 3.58. The number of aliphatic hydroxyl groups is 3. The zero-order valence-electron chi connectivity index (χ0n) is 18.1. The second kappa shape index (κ2) is 10.1. The van der Waals surface area contributed by atoms with Crippen LogP contribution >= 0.6 is 0 Å². The summed E-state index contributed by atoms with van der Waals surface area (Å²) in [6, 6.07) is 13.0. The van der Waals surface area contributed by atoms with Gasteiger partial charge in [0.05, 0.1) is 6.61 Å². The van der Waals surface area contributed by atoms with Gasteiger partial charge in [0, 0.05) is 32.1 Å². The van der Waals surface area contributed by atoms with Crippen molar-refractivity contribution < 1.29 is 34.4 Å². The summed E-state index contributed by atoms with van der Waals surface area (Å²) >= 11 is 0. The summed E-state index contributed by atoms with van der Waals surface area (Å²) in [5, 5.41) is 32.7. The molecule has 172 valence electrons. The first-order valence-electron chi connectivity index (χ1n) is 10.2. The minimum atomic E-state index is -1.41. The topological polar surface area (TPSA) is 129 Å². The van der Waals surface area contributed by atoms with Crippen molar-refractivity contribution in [3.63, 3.8) is 0 Å². The van der Waals surface area contributed by atoms with Gasteiger partial charge in [-0.05, 0) is 23.8 Å². The fourth-order valence-electron chi connectivity index (χ4n) is 3.58. The summed E-state index contributed by atoms with van der Waals surface area (Å²) in [6.07, 6.45) is -5.08. The highest BCUT2D eigenvalue weighted by Gasteiger charge is 2.46. The van der Waals surface area contributed by atoms with Crippen LogP contribution < -0.4 is 10.1 Å². The predicted molar refractivity (Wildman–Crippen MR) is 116 cm³/mol. The van der Waals surface area contributed by atoms with Gasteiger partial charge in [0.2, 0.25) is 12.2 Å². The van der Waals surface area contributed by atoms with E-state index in [4.69, 9.17) is 9.47 Å². The van der Waals surface area contributed by atoms with E-state index in [1.807, 2.05) is 12.1 Å². The highest BCUT2D eigenvalue weighted by atomic mass is 16.7. The Morgan fingerprint density at radius 2 is 1.81 bits per heavy atom. The van der Waals surface area contributed by atoms with Crippen LogP contribution in [-0.4, -0.2) is 83.4 Å². The maximum atomic E-state index is 12.4. The Hall–Kier alpha value is -2.98. The molecule has 9 nitrogen and oxygen atoms in total. The van der Waals surface area contributed by atoms with Crippen LogP contribution in [0.25, 0.3) is 11.1 Å². The first-order valence-corrected chi connectivity index (χ1v) is 10.2. The molecule has 32 heavy (non-hydrogen) atoms. The van der Waals surface area contributed by atoms with Crippen LogP contribution in [0.3, 0.4) is 0 Å². The Labute approximate surface area is 186 Å². The lowest BCUT2D eigenvalue weighted by Crippen LogP contribution is -2.65. The molecular weight excluding hydrogens is 416 g/mol. The third-order valence-electron chi connectivity index (χ3n) is 5.21. The van der Waals surface area contributed by atoms with E-state index >= 15 is 0 Å². The van der Waals surface area contributed by atoms with Crippen molar-refractivity contribution in [2.75, 3.05) is 20.7 Å². The molecule has 0 aliphatic carbocycles. The summed E-state index contributed by atoms with van der Waals surface area (Å²) in [4.78, 5) is 25.5. The standard InChI is InChI=1S/C23H28N2O7/c1-13(27)24-19-21(29)20(28)18(12-26)32-23(19)31-17-10-5-4-9-16(17)14-7-6-8-15(11-14)22(30)25(2)3/h4-11,18-21,23,26,28-29H,12H2,1-3H3,(H,24,27)/t18-,19-,20+,21-,23-/m1/s1. The Morgan fingerprint density at radius 1 is 1.09 bits per heavy atom. The molecular formula is C23H28N2O7. The van der Waals surface area contributed by atoms with Gasteiger partial charge in [-0.1, -0.05) is 30.3 Å². The largest absolute Gasteiger partial charge is 0.462 e. The van der Waals surface area contributed by atoms with Gasteiger partial charge in [-0.3, -0.25) is 9.59 Å². The molecule has 0 unspecified atom stereocenters. The molecule has 1 aliphatic heterocycles. The van der Waals surface area contributed by atoms with E-state index < -0.39 is 43.2 Å². The molecule has 1 saturated heterocycles. The van der Waals surface area contributed by atoms with E-state index in [-0.39, 0.29) is 5.91 Å². The molecule has 0 saturated carbocycles. The van der Waals surface area contributed by atoms with Crippen LogP contribution in [0.4, 0.5) is 0 Å². The lowest BCUT2D eigenvalue weighted by Gasteiger charge is -2.42. The van der Waals surface area contributed by atoms with Crippen molar-refractivity contribution >= 4 is 11.8 Å². The molecule has 1 fully saturated rings. The summed E-state index contributed by atoms with van der Waals surface area (Å²) in [5.74, 6) is -0.207. The Morgan fingerprint density at radius 3 is 2.47 bits per heavy atom. The van der Waals surface area contributed by atoms with Gasteiger partial charge in [-0.15, -0.1) is 0 Å². The average molecular weight is 444 g/mol. The van der Waals surface area contributed by atoms with E-state index in [0.717, 1.165) is 5.56 Å². The summed E-state index contributed by atoms with van der Waals surface area (Å²) < 4.78 is 11.7. The van der Waals surface area contributed by atoms with Gasteiger partial charge in [0.25, 0.3) is 5.91 Å². The normalized spacial score (nSPS) is 25.1. The molecule has 5 atom stereocenters. The Balaban J connectivity index is 1.95. The zero-order valence-corrected chi connectivity index (χ0v) is 18.1. The van der Waals surface area contributed by atoms with Crippen LogP contribution in [-0.2, 0) is 9.53 Å². The third kappa shape index (κ3) is 5.08. The van der Waals surface area contributed by atoms with Crippen LogP contribution in [0.15, 0.2) is 48.5 Å². The van der Waals surface area contributed by atoms with Crippen molar-refractivity contribution in [3.8, 4) is 16.9 Å². The van der Waals surface area contributed by atoms with Crippen molar-refractivity contribution in [3.05, 3.63) is 54.1 Å². The number of carbonyl (C=O) groups excluding carboxylic acids is 2. The molecule has 0 bridgehead atoms. The molecule has 1 heterocycles. The van der Waals surface area contributed by atoms with Crippen LogP contribution in [0.5, 0.6) is 5.75 Å². The SMILES string of the molecule is CC(=O)N[C@H]1[C@H](Oc2ccccc2-c2cccc(C(=O)N(C)C)c2)O[C@H](CO)[C@H](O)[C@@H]1O. The summed E-state index contributed by atoms with van der Waals surface area (Å²) in [7, 11) is 3.35. The van der Waals surface area contributed by atoms with Crippen molar-refractivity contribution in [1.82, 2.24) is 10.2 Å². The molecule has 2 amide bonds. The third-order valence-corrected chi connectivity index (χ3v) is 5.21. The quantitative estimate of drug-likeness (QED) is 0.507. The van der Waals surface area contributed by atoms with E-state index in [1.165, 1.54) is 11.8 Å². The zero-order chi connectivity index (χ0) is 23.4. The highest BCUT2D eigenvalue weighted by Crippen LogP contribution is 2.33. The minimum Gasteiger partial charge on any atom is -0.462 e. The summed E-state index contributed by atoms with van der Waals surface area (Å²) in [5.41, 5.74) is 1.89. The number of hydrogen-bond donors (Lipinski definition) is 4. The molecule has 1 aliphatic rings. The van der Waals surface area contributed by atoms with Crippen molar-refractivity contribution in [2.45, 2.75) is 37.6 Å². The molecule has 3 rings (SSSR count). The van der Waals surface area contributed by atoms with Gasteiger partial charge < -0.3 is 35.0 Å². The molecule has 0 radical (unpaired) electrons. The van der Waals surface area contributed by atoms with Gasteiger partial charge in [-0.2, -0.15) is 0 Å². The number of para-hydroxylation sites is 1. The van der Waals surface area contributed by atoms with Crippen molar-refractivity contribution in [2.24, 2.45) is 0 Å². The minimum absolute atomic E-state index is 0.144. The number of ether oxygens (including phenoxy) is 2. The van der Waals surface area contributed by atoms with Crippen molar-refractivity contribution in [1.29, 1.82) is 0 Å². The Kier molecular flexibility index (Phi) is 7.47. The molecule has 9 heteroatoms. The number of benzene rings is 2. The highest BCUT2D eigenvalue weighted by molar-refractivity contribution is 5.95. The second-order valence-electron chi connectivity index (χ2n) is 7.83. The van der Waals surface area contributed by atoms with Gasteiger partial charge in [0.15, 0.2) is 0 Å².